The molecular weight excluding hydrogens is 454 g/mol. The highest BCUT2D eigenvalue weighted by molar-refractivity contribution is 7.91. The van der Waals surface area contributed by atoms with Crippen LogP contribution in [-0.4, -0.2) is 37.8 Å². The van der Waals surface area contributed by atoms with E-state index >= 15 is 0 Å². The highest BCUT2D eigenvalue weighted by Crippen LogP contribution is 2.30. The third kappa shape index (κ3) is 5.29. The van der Waals surface area contributed by atoms with Gasteiger partial charge in [-0.2, -0.15) is 4.31 Å². The Morgan fingerprint density at radius 1 is 0.970 bits per heavy atom. The molecular formula is C25H29N3O3S2. The molecule has 33 heavy (non-hydrogen) atoms. The van der Waals surface area contributed by atoms with Crippen LogP contribution in [-0.2, 0) is 14.8 Å². The molecule has 174 valence electrons. The van der Waals surface area contributed by atoms with Crippen LogP contribution >= 0.6 is 11.3 Å². The number of rotatable bonds is 7. The number of anilines is 3. The summed E-state index contributed by atoms with van der Waals surface area (Å²) in [5.74, 6) is -0.254. The number of carbonyl (C=O) groups is 1. The molecule has 0 atom stereocenters. The van der Waals surface area contributed by atoms with E-state index in [9.17, 15) is 13.2 Å². The largest absolute Gasteiger partial charge is 0.339 e. The van der Waals surface area contributed by atoms with Crippen LogP contribution in [0.3, 0.4) is 0 Å². The second-order valence-corrected chi connectivity index (χ2v) is 11.6. The van der Waals surface area contributed by atoms with Crippen molar-refractivity contribution < 1.29 is 13.2 Å². The van der Waals surface area contributed by atoms with Gasteiger partial charge in [-0.25, -0.2) is 8.42 Å². The van der Waals surface area contributed by atoms with E-state index in [0.717, 1.165) is 17.1 Å². The molecule has 0 aliphatic carbocycles. The lowest BCUT2D eigenvalue weighted by molar-refractivity contribution is -0.120. The Kier molecular flexibility index (Phi) is 7.17. The van der Waals surface area contributed by atoms with E-state index in [2.05, 4.69) is 36.2 Å². The maximum Gasteiger partial charge on any atom is 0.252 e. The molecule has 8 heteroatoms. The number of piperidine rings is 1. The monoisotopic (exact) mass is 483 g/mol. The molecule has 0 unspecified atom stereocenters. The molecule has 1 aliphatic rings. The maximum absolute atomic E-state index is 12.8. The van der Waals surface area contributed by atoms with Crippen molar-refractivity contribution in [3.05, 3.63) is 72.1 Å². The summed E-state index contributed by atoms with van der Waals surface area (Å²) < 4.78 is 27.2. The minimum absolute atomic E-state index is 0.0558. The van der Waals surface area contributed by atoms with E-state index in [4.69, 9.17) is 0 Å². The van der Waals surface area contributed by atoms with E-state index in [1.807, 2.05) is 42.5 Å². The Bertz CT molecular complexity index is 1150. The Balaban J connectivity index is 1.37. The van der Waals surface area contributed by atoms with Gasteiger partial charge in [-0.3, -0.25) is 4.79 Å². The molecule has 0 bridgehead atoms. The number of sulfonamides is 1. The lowest BCUT2D eigenvalue weighted by Crippen LogP contribution is -2.41. The summed E-state index contributed by atoms with van der Waals surface area (Å²) in [5, 5.41) is 4.77. The van der Waals surface area contributed by atoms with Gasteiger partial charge in [0, 0.05) is 42.1 Å². The molecule has 1 fully saturated rings. The van der Waals surface area contributed by atoms with Crippen molar-refractivity contribution >= 4 is 44.3 Å². The third-order valence-electron chi connectivity index (χ3n) is 5.88. The Morgan fingerprint density at radius 3 is 2.18 bits per heavy atom. The van der Waals surface area contributed by atoms with Gasteiger partial charge in [-0.05, 0) is 74.5 Å². The average Bonchev–Trinajstić information content (AvgIpc) is 3.37. The van der Waals surface area contributed by atoms with Crippen LogP contribution in [0.15, 0.2) is 76.3 Å². The van der Waals surface area contributed by atoms with Crippen molar-refractivity contribution in [2.24, 2.45) is 5.92 Å². The number of thiophene rings is 1. The maximum atomic E-state index is 12.8. The predicted octanol–water partition coefficient (Wildman–Crippen LogP) is 5.33. The quantitative estimate of drug-likeness (QED) is 0.493. The van der Waals surface area contributed by atoms with Crippen LogP contribution < -0.4 is 10.2 Å². The fraction of sp³-hybridized carbons (Fsp3) is 0.320. The van der Waals surface area contributed by atoms with Gasteiger partial charge in [0.2, 0.25) is 5.91 Å². The van der Waals surface area contributed by atoms with E-state index in [1.54, 1.807) is 17.5 Å². The normalized spacial score (nSPS) is 15.5. The molecule has 2 heterocycles. The smallest absolute Gasteiger partial charge is 0.252 e. The summed E-state index contributed by atoms with van der Waals surface area (Å²) >= 11 is 1.22. The number of benzene rings is 2. The molecule has 1 saturated heterocycles. The van der Waals surface area contributed by atoms with Gasteiger partial charge in [0.05, 0.1) is 0 Å². The number of nitrogens with zero attached hydrogens (tertiary/aromatic N) is 2. The van der Waals surface area contributed by atoms with Gasteiger partial charge in [-0.15, -0.1) is 11.3 Å². The second kappa shape index (κ2) is 10.1. The molecule has 1 aromatic heterocycles. The number of hydrogen-bond donors (Lipinski definition) is 1. The van der Waals surface area contributed by atoms with E-state index in [0.29, 0.717) is 30.1 Å². The molecule has 3 aromatic rings. The van der Waals surface area contributed by atoms with E-state index in [1.165, 1.54) is 15.6 Å². The van der Waals surface area contributed by atoms with Gasteiger partial charge in [-0.1, -0.05) is 24.3 Å². The zero-order chi connectivity index (χ0) is 23.4. The predicted molar refractivity (Wildman–Crippen MR) is 135 cm³/mol. The van der Waals surface area contributed by atoms with Crippen LogP contribution in [0, 0.1) is 5.92 Å². The first-order valence-electron chi connectivity index (χ1n) is 11.1. The number of nitrogens with one attached hydrogen (secondary N) is 1. The van der Waals surface area contributed by atoms with Crippen LogP contribution in [0.4, 0.5) is 17.1 Å². The fourth-order valence-corrected chi connectivity index (χ4v) is 6.79. The zero-order valence-corrected chi connectivity index (χ0v) is 20.5. The van der Waals surface area contributed by atoms with E-state index in [-0.39, 0.29) is 17.9 Å². The third-order valence-corrected chi connectivity index (χ3v) is 9.15. The molecule has 0 spiro atoms. The molecule has 1 amide bonds. The minimum atomic E-state index is -3.45. The van der Waals surface area contributed by atoms with Crippen molar-refractivity contribution in [2.45, 2.75) is 36.9 Å². The second-order valence-electron chi connectivity index (χ2n) is 8.45. The summed E-state index contributed by atoms with van der Waals surface area (Å²) in [4.78, 5) is 15.1. The SMILES string of the molecule is CC(C)N(c1ccccc1)c1ccc(NC(=O)C2CCN(S(=O)(=O)c3cccs3)CC2)cc1. The summed E-state index contributed by atoms with van der Waals surface area (Å²) in [6.07, 6.45) is 1.04. The van der Waals surface area contributed by atoms with Crippen molar-refractivity contribution in [2.75, 3.05) is 23.3 Å². The first-order valence-corrected chi connectivity index (χ1v) is 13.5. The standard InChI is InChI=1S/C25H29N3O3S2/c1-19(2)28(22-7-4-3-5-8-22)23-12-10-21(11-13-23)26-25(29)20-14-16-27(17-15-20)33(30,31)24-9-6-18-32-24/h3-13,18-20H,14-17H2,1-2H3,(H,26,29). The zero-order valence-electron chi connectivity index (χ0n) is 18.8. The van der Waals surface area contributed by atoms with Gasteiger partial charge < -0.3 is 10.2 Å². The van der Waals surface area contributed by atoms with Crippen LogP contribution in [0.25, 0.3) is 0 Å². The molecule has 6 nitrogen and oxygen atoms in total. The molecule has 1 aliphatic heterocycles. The number of hydrogen-bond acceptors (Lipinski definition) is 5. The van der Waals surface area contributed by atoms with Gasteiger partial charge in [0.15, 0.2) is 0 Å². The van der Waals surface area contributed by atoms with Crippen molar-refractivity contribution in [1.29, 1.82) is 0 Å². The van der Waals surface area contributed by atoms with Crippen molar-refractivity contribution in [1.82, 2.24) is 4.31 Å². The van der Waals surface area contributed by atoms with Crippen molar-refractivity contribution in [3.63, 3.8) is 0 Å². The van der Waals surface area contributed by atoms with Gasteiger partial charge in [0.1, 0.15) is 4.21 Å². The lowest BCUT2D eigenvalue weighted by Gasteiger charge is -2.30. The molecule has 1 N–H and O–H groups in total. The Hall–Kier alpha value is -2.68. The minimum Gasteiger partial charge on any atom is -0.339 e. The first kappa shape index (κ1) is 23.5. The Labute approximate surface area is 199 Å². The van der Waals surface area contributed by atoms with Gasteiger partial charge >= 0.3 is 0 Å². The summed E-state index contributed by atoms with van der Waals surface area (Å²) in [6, 6.07) is 21.7. The summed E-state index contributed by atoms with van der Waals surface area (Å²) in [6.45, 7) is 5.01. The van der Waals surface area contributed by atoms with Crippen LogP contribution in [0.2, 0.25) is 0 Å². The molecule has 0 radical (unpaired) electrons. The summed E-state index contributed by atoms with van der Waals surface area (Å²) in [7, 11) is -3.45. The summed E-state index contributed by atoms with van der Waals surface area (Å²) in [5.41, 5.74) is 2.92. The van der Waals surface area contributed by atoms with E-state index < -0.39 is 10.0 Å². The topological polar surface area (TPSA) is 69.7 Å². The average molecular weight is 484 g/mol. The highest BCUT2D eigenvalue weighted by Gasteiger charge is 2.32. The van der Waals surface area contributed by atoms with Crippen molar-refractivity contribution in [3.8, 4) is 0 Å². The lowest BCUT2D eigenvalue weighted by atomic mass is 9.97. The number of amides is 1. The number of carbonyl (C=O) groups excluding carboxylic acids is 1. The number of para-hydroxylation sites is 1. The Morgan fingerprint density at radius 2 is 1.61 bits per heavy atom. The van der Waals surface area contributed by atoms with Crippen LogP contribution in [0.1, 0.15) is 26.7 Å². The highest BCUT2D eigenvalue weighted by atomic mass is 32.2. The molecule has 2 aromatic carbocycles. The van der Waals surface area contributed by atoms with Crippen LogP contribution in [0.5, 0.6) is 0 Å². The molecule has 4 rings (SSSR count). The molecule has 0 saturated carbocycles. The van der Waals surface area contributed by atoms with Gasteiger partial charge in [0.25, 0.3) is 10.0 Å². The fourth-order valence-electron chi connectivity index (χ4n) is 4.18. The first-order chi connectivity index (χ1) is 15.9.